The zero-order chi connectivity index (χ0) is 20.5. The molecule has 0 amide bonds. The third-order valence-electron chi connectivity index (χ3n) is 5.11. The summed E-state index contributed by atoms with van der Waals surface area (Å²) in [5.41, 5.74) is 8.12. The fraction of sp³-hybridized carbons (Fsp3) is 0.182. The number of benzene rings is 2. The molecule has 1 fully saturated rings. The van der Waals surface area contributed by atoms with Crippen molar-refractivity contribution in [1.29, 1.82) is 0 Å². The molecule has 8 nitrogen and oxygen atoms in total. The van der Waals surface area contributed by atoms with Crippen LogP contribution in [0.1, 0.15) is 22.6 Å². The van der Waals surface area contributed by atoms with Gasteiger partial charge in [-0.1, -0.05) is 12.1 Å². The molecule has 4 aromatic rings. The van der Waals surface area contributed by atoms with Crippen LogP contribution in [0.4, 0.5) is 5.82 Å². The van der Waals surface area contributed by atoms with Crippen molar-refractivity contribution >= 4 is 22.6 Å². The Morgan fingerprint density at radius 1 is 1.10 bits per heavy atom. The number of H-pyrrole nitrogens is 1. The summed E-state index contributed by atoms with van der Waals surface area (Å²) >= 11 is 0. The van der Waals surface area contributed by atoms with Gasteiger partial charge in [0.15, 0.2) is 11.6 Å². The van der Waals surface area contributed by atoms with E-state index in [-0.39, 0.29) is 11.8 Å². The van der Waals surface area contributed by atoms with Crippen molar-refractivity contribution in [1.82, 2.24) is 19.9 Å². The van der Waals surface area contributed by atoms with Crippen LogP contribution in [0.2, 0.25) is 0 Å². The molecule has 5 rings (SSSR count). The fourth-order valence-corrected chi connectivity index (χ4v) is 3.57. The quantitative estimate of drug-likeness (QED) is 0.496. The average molecular weight is 400 g/mol. The highest BCUT2D eigenvalue weighted by atomic mass is 16.5. The predicted octanol–water partition coefficient (Wildman–Crippen LogP) is 2.91. The molecule has 1 atom stereocenters. The highest BCUT2D eigenvalue weighted by molar-refractivity contribution is 6.08. The molecule has 1 saturated heterocycles. The number of ketones is 1. The smallest absolute Gasteiger partial charge is 0.263 e. The van der Waals surface area contributed by atoms with Crippen LogP contribution in [0.15, 0.2) is 60.9 Å². The van der Waals surface area contributed by atoms with Gasteiger partial charge in [-0.05, 0) is 42.8 Å². The molecule has 1 aliphatic heterocycles. The number of nitrogens with two attached hydrogens (primary N) is 1. The Balaban J connectivity index is 1.35. The van der Waals surface area contributed by atoms with E-state index in [1.54, 1.807) is 36.7 Å². The molecule has 0 aliphatic carbocycles. The first-order chi connectivity index (χ1) is 14.7. The molecular formula is C22H20N6O2. The largest absolute Gasteiger partial charge is 0.436 e. The van der Waals surface area contributed by atoms with Gasteiger partial charge >= 0.3 is 0 Å². The van der Waals surface area contributed by atoms with E-state index in [0.29, 0.717) is 28.8 Å². The van der Waals surface area contributed by atoms with Gasteiger partial charge in [0, 0.05) is 37.1 Å². The molecule has 3 heterocycles. The number of fused-ring (bicyclic) bond motifs is 1. The number of nitrogens with zero attached hydrogens (tertiary/aromatic N) is 4. The maximum Gasteiger partial charge on any atom is 0.263 e. The van der Waals surface area contributed by atoms with Crippen LogP contribution in [0, 0.1) is 0 Å². The molecular weight excluding hydrogens is 380 g/mol. The van der Waals surface area contributed by atoms with Gasteiger partial charge in [-0.3, -0.25) is 4.79 Å². The van der Waals surface area contributed by atoms with Gasteiger partial charge in [0.2, 0.25) is 5.78 Å². The van der Waals surface area contributed by atoms with Crippen LogP contribution >= 0.6 is 0 Å². The van der Waals surface area contributed by atoms with E-state index in [0.717, 1.165) is 30.5 Å². The monoisotopic (exact) mass is 400 g/mol. The second-order valence-electron chi connectivity index (χ2n) is 7.24. The lowest BCUT2D eigenvalue weighted by atomic mass is 10.1. The minimum Gasteiger partial charge on any atom is -0.436 e. The molecule has 0 spiro atoms. The summed E-state index contributed by atoms with van der Waals surface area (Å²) in [6.07, 6.45) is 4.14. The highest BCUT2D eigenvalue weighted by Crippen LogP contribution is 2.30. The Labute approximate surface area is 172 Å². The van der Waals surface area contributed by atoms with Crippen molar-refractivity contribution in [2.45, 2.75) is 12.5 Å². The number of ether oxygens (including phenoxy) is 1. The maximum atomic E-state index is 12.8. The molecule has 3 N–H and O–H groups in total. The molecule has 0 unspecified atom stereocenters. The van der Waals surface area contributed by atoms with Gasteiger partial charge in [0.05, 0.1) is 11.0 Å². The Morgan fingerprint density at radius 2 is 1.90 bits per heavy atom. The van der Waals surface area contributed by atoms with Crippen LogP contribution in [0.3, 0.4) is 0 Å². The van der Waals surface area contributed by atoms with Crippen molar-refractivity contribution < 1.29 is 9.53 Å². The topological polar surface area (TPSA) is 110 Å². The number of aromatic nitrogens is 4. The standard InChI is InChI=1S/C22H20N6O2/c23-15-9-12-28(13-15)21-22(25-11-10-24-21)30-16-7-5-14(6-8-16)19(29)20-26-17-3-1-2-4-18(17)27-20/h1-8,10-11,15H,9,12-13,23H2,(H,26,27)/t15-/m0/s1. The Bertz CT molecular complexity index is 1170. The summed E-state index contributed by atoms with van der Waals surface area (Å²) in [6, 6.07) is 14.6. The summed E-state index contributed by atoms with van der Waals surface area (Å²) in [5, 5.41) is 0. The third kappa shape index (κ3) is 3.48. The van der Waals surface area contributed by atoms with E-state index >= 15 is 0 Å². The molecule has 150 valence electrons. The van der Waals surface area contributed by atoms with Crippen LogP contribution in [0.25, 0.3) is 11.0 Å². The number of carbonyl (C=O) groups is 1. The molecule has 30 heavy (non-hydrogen) atoms. The zero-order valence-electron chi connectivity index (χ0n) is 16.2. The summed E-state index contributed by atoms with van der Waals surface area (Å²) in [4.78, 5) is 31.0. The number of nitrogens with one attached hydrogen (secondary N) is 1. The summed E-state index contributed by atoms with van der Waals surface area (Å²) < 4.78 is 5.95. The number of imidazole rings is 1. The third-order valence-corrected chi connectivity index (χ3v) is 5.11. The number of para-hydroxylation sites is 2. The second kappa shape index (κ2) is 7.57. The molecule has 2 aromatic carbocycles. The van der Waals surface area contributed by atoms with Gasteiger partial charge in [-0.25, -0.2) is 15.0 Å². The Morgan fingerprint density at radius 3 is 2.67 bits per heavy atom. The van der Waals surface area contributed by atoms with E-state index in [1.165, 1.54) is 0 Å². The number of rotatable bonds is 5. The van der Waals surface area contributed by atoms with Gasteiger partial charge < -0.3 is 20.4 Å². The summed E-state index contributed by atoms with van der Waals surface area (Å²) in [5.74, 6) is 1.80. The van der Waals surface area contributed by atoms with Crippen LogP contribution in [0.5, 0.6) is 11.6 Å². The van der Waals surface area contributed by atoms with E-state index in [9.17, 15) is 4.79 Å². The highest BCUT2D eigenvalue weighted by Gasteiger charge is 2.24. The van der Waals surface area contributed by atoms with Crippen LogP contribution in [-0.4, -0.2) is 44.9 Å². The molecule has 0 radical (unpaired) electrons. The van der Waals surface area contributed by atoms with Crippen molar-refractivity contribution in [2.75, 3.05) is 18.0 Å². The molecule has 2 aromatic heterocycles. The Hall–Kier alpha value is -3.78. The number of hydrogen-bond acceptors (Lipinski definition) is 7. The van der Waals surface area contributed by atoms with E-state index in [4.69, 9.17) is 10.5 Å². The zero-order valence-corrected chi connectivity index (χ0v) is 16.2. The fourth-order valence-electron chi connectivity index (χ4n) is 3.57. The van der Waals surface area contributed by atoms with Gasteiger partial charge in [0.25, 0.3) is 5.88 Å². The minimum absolute atomic E-state index is 0.128. The molecule has 1 aliphatic rings. The minimum atomic E-state index is -0.177. The maximum absolute atomic E-state index is 12.8. The lowest BCUT2D eigenvalue weighted by Gasteiger charge is -2.19. The molecule has 0 saturated carbocycles. The van der Waals surface area contributed by atoms with Crippen molar-refractivity contribution in [2.24, 2.45) is 5.73 Å². The molecule has 0 bridgehead atoms. The first-order valence-corrected chi connectivity index (χ1v) is 9.76. The van der Waals surface area contributed by atoms with E-state index < -0.39 is 0 Å². The van der Waals surface area contributed by atoms with Gasteiger partial charge in [0.1, 0.15) is 5.75 Å². The number of carbonyl (C=O) groups excluding carboxylic acids is 1. The first kappa shape index (κ1) is 18.3. The lowest BCUT2D eigenvalue weighted by molar-refractivity contribution is 0.103. The summed E-state index contributed by atoms with van der Waals surface area (Å²) in [6.45, 7) is 1.54. The molecule has 8 heteroatoms. The first-order valence-electron chi connectivity index (χ1n) is 9.76. The van der Waals surface area contributed by atoms with Gasteiger partial charge in [-0.2, -0.15) is 0 Å². The van der Waals surface area contributed by atoms with Crippen LogP contribution in [-0.2, 0) is 0 Å². The average Bonchev–Trinajstić information content (AvgIpc) is 3.40. The number of aromatic amines is 1. The van der Waals surface area contributed by atoms with E-state index in [2.05, 4.69) is 24.8 Å². The normalized spacial score (nSPS) is 16.2. The predicted molar refractivity (Wildman–Crippen MR) is 113 cm³/mol. The second-order valence-corrected chi connectivity index (χ2v) is 7.24. The van der Waals surface area contributed by atoms with Crippen molar-refractivity contribution in [3.8, 4) is 11.6 Å². The van der Waals surface area contributed by atoms with Crippen molar-refractivity contribution in [3.05, 3.63) is 72.3 Å². The number of hydrogen-bond donors (Lipinski definition) is 2. The van der Waals surface area contributed by atoms with E-state index in [1.807, 2.05) is 24.3 Å². The van der Waals surface area contributed by atoms with Gasteiger partial charge in [-0.15, -0.1) is 0 Å². The Kier molecular flexibility index (Phi) is 4.61. The lowest BCUT2D eigenvalue weighted by Crippen LogP contribution is -2.27. The number of anilines is 1. The van der Waals surface area contributed by atoms with Crippen LogP contribution < -0.4 is 15.4 Å². The SMILES string of the molecule is N[C@H]1CCN(c2nccnc2Oc2ccc(C(=O)c3nc4ccccc4[nH]3)cc2)C1. The summed E-state index contributed by atoms with van der Waals surface area (Å²) in [7, 11) is 0. The van der Waals surface area contributed by atoms with Crippen molar-refractivity contribution in [3.63, 3.8) is 0 Å².